The van der Waals surface area contributed by atoms with E-state index in [2.05, 4.69) is 6.92 Å². The molecular formula is C22H22F2S. The first kappa shape index (κ1) is 17.8. The van der Waals surface area contributed by atoms with Crippen LogP contribution < -0.4 is 0 Å². The van der Waals surface area contributed by atoms with E-state index in [1.54, 1.807) is 0 Å². The van der Waals surface area contributed by atoms with Gasteiger partial charge in [-0.25, -0.2) is 8.78 Å². The number of unbranched alkanes of at least 4 members (excludes halogenated alkanes) is 2. The number of aryl methyl sites for hydroxylation is 2. The molecule has 0 bridgehead atoms. The van der Waals surface area contributed by atoms with E-state index in [1.165, 1.54) is 41.2 Å². The lowest BCUT2D eigenvalue weighted by Crippen LogP contribution is -1.91. The molecule has 0 nitrogen and oxygen atoms in total. The average Bonchev–Trinajstić information content (AvgIpc) is 3.03. The van der Waals surface area contributed by atoms with Crippen LogP contribution >= 0.6 is 11.3 Å². The standard InChI is InChI=1S/C22H22F2S/c1-3-4-5-6-18-11-12-21(25-18)22-19(23)13-17(14-20(22)24)16-9-7-15(2)8-10-16/h7-14H,3-6H2,1-2H3. The van der Waals surface area contributed by atoms with Crippen molar-refractivity contribution in [1.82, 2.24) is 0 Å². The summed E-state index contributed by atoms with van der Waals surface area (Å²) in [6.07, 6.45) is 4.44. The molecule has 0 aliphatic carbocycles. The largest absolute Gasteiger partial charge is 0.206 e. The lowest BCUT2D eigenvalue weighted by molar-refractivity contribution is 0.591. The van der Waals surface area contributed by atoms with Crippen molar-refractivity contribution >= 4 is 11.3 Å². The maximum Gasteiger partial charge on any atom is 0.135 e. The van der Waals surface area contributed by atoms with E-state index in [4.69, 9.17) is 0 Å². The summed E-state index contributed by atoms with van der Waals surface area (Å²) in [7, 11) is 0. The summed E-state index contributed by atoms with van der Waals surface area (Å²) in [4.78, 5) is 1.85. The Balaban J connectivity index is 1.89. The molecule has 0 saturated carbocycles. The van der Waals surface area contributed by atoms with Crippen molar-refractivity contribution in [3.63, 3.8) is 0 Å². The fourth-order valence-electron chi connectivity index (χ4n) is 2.92. The second-order valence-corrected chi connectivity index (χ2v) is 7.57. The quantitative estimate of drug-likeness (QED) is 0.404. The number of rotatable bonds is 6. The second kappa shape index (κ2) is 7.92. The molecule has 0 aliphatic rings. The van der Waals surface area contributed by atoms with E-state index in [1.807, 2.05) is 43.3 Å². The number of thiophene rings is 1. The summed E-state index contributed by atoms with van der Waals surface area (Å²) in [5.41, 5.74) is 2.60. The van der Waals surface area contributed by atoms with Crippen molar-refractivity contribution in [2.24, 2.45) is 0 Å². The molecule has 130 valence electrons. The molecule has 0 saturated heterocycles. The molecule has 3 heteroatoms. The first-order valence-electron chi connectivity index (χ1n) is 8.73. The topological polar surface area (TPSA) is 0 Å². The SMILES string of the molecule is CCCCCc1ccc(-c2c(F)cc(-c3ccc(C)cc3)cc2F)s1. The molecule has 0 amide bonds. The molecule has 0 fully saturated rings. The monoisotopic (exact) mass is 356 g/mol. The van der Waals surface area contributed by atoms with Gasteiger partial charge in [0, 0.05) is 9.75 Å². The predicted octanol–water partition coefficient (Wildman–Crippen LogP) is 7.40. The normalized spacial score (nSPS) is 11.0. The summed E-state index contributed by atoms with van der Waals surface area (Å²) in [5, 5.41) is 0. The lowest BCUT2D eigenvalue weighted by Gasteiger charge is -2.08. The highest BCUT2D eigenvalue weighted by molar-refractivity contribution is 7.15. The Morgan fingerprint density at radius 1 is 0.840 bits per heavy atom. The molecule has 1 aromatic heterocycles. The summed E-state index contributed by atoms with van der Waals surface area (Å²) in [5.74, 6) is -1.00. The van der Waals surface area contributed by atoms with Crippen LogP contribution in [0.5, 0.6) is 0 Å². The minimum atomic E-state index is -0.502. The Morgan fingerprint density at radius 2 is 1.52 bits per heavy atom. The number of hydrogen-bond acceptors (Lipinski definition) is 1. The first-order valence-corrected chi connectivity index (χ1v) is 9.55. The minimum absolute atomic E-state index is 0.0857. The molecule has 3 rings (SSSR count). The highest BCUT2D eigenvalue weighted by Crippen LogP contribution is 2.35. The molecule has 25 heavy (non-hydrogen) atoms. The van der Waals surface area contributed by atoms with Crippen LogP contribution in [0, 0.1) is 18.6 Å². The van der Waals surface area contributed by atoms with Crippen molar-refractivity contribution in [2.75, 3.05) is 0 Å². The molecule has 0 unspecified atom stereocenters. The van der Waals surface area contributed by atoms with Gasteiger partial charge in [-0.05, 0) is 55.2 Å². The molecule has 0 spiro atoms. The second-order valence-electron chi connectivity index (χ2n) is 6.40. The van der Waals surface area contributed by atoms with Crippen LogP contribution in [0.15, 0.2) is 48.5 Å². The van der Waals surface area contributed by atoms with Crippen molar-refractivity contribution in [1.29, 1.82) is 0 Å². The van der Waals surface area contributed by atoms with Crippen molar-refractivity contribution < 1.29 is 8.78 Å². The van der Waals surface area contributed by atoms with Crippen LogP contribution in [0.25, 0.3) is 21.6 Å². The Kier molecular flexibility index (Phi) is 5.64. The Hall–Kier alpha value is -2.00. The van der Waals surface area contributed by atoms with Gasteiger partial charge in [-0.15, -0.1) is 11.3 Å². The highest BCUT2D eigenvalue weighted by atomic mass is 32.1. The van der Waals surface area contributed by atoms with Crippen LogP contribution in [0.2, 0.25) is 0 Å². The summed E-state index contributed by atoms with van der Waals surface area (Å²) in [6, 6.07) is 14.3. The van der Waals surface area contributed by atoms with Gasteiger partial charge < -0.3 is 0 Å². The van der Waals surface area contributed by atoms with Gasteiger partial charge in [0.15, 0.2) is 0 Å². The predicted molar refractivity (Wildman–Crippen MR) is 103 cm³/mol. The zero-order valence-electron chi connectivity index (χ0n) is 14.6. The van der Waals surface area contributed by atoms with Crippen LogP contribution in [0.4, 0.5) is 8.78 Å². The summed E-state index contributed by atoms with van der Waals surface area (Å²) < 4.78 is 29.3. The molecule has 0 aliphatic heterocycles. The van der Waals surface area contributed by atoms with Gasteiger partial charge in [-0.2, -0.15) is 0 Å². The third-order valence-corrected chi connectivity index (χ3v) is 5.52. The Morgan fingerprint density at radius 3 is 2.16 bits per heavy atom. The zero-order valence-corrected chi connectivity index (χ0v) is 15.4. The number of hydrogen-bond donors (Lipinski definition) is 0. The molecule has 0 atom stereocenters. The van der Waals surface area contributed by atoms with Gasteiger partial charge in [0.05, 0.1) is 5.56 Å². The van der Waals surface area contributed by atoms with Gasteiger partial charge in [-0.1, -0.05) is 49.6 Å². The van der Waals surface area contributed by atoms with Crippen LogP contribution in [-0.4, -0.2) is 0 Å². The molecule has 3 aromatic rings. The lowest BCUT2D eigenvalue weighted by atomic mass is 10.0. The molecule has 2 aromatic carbocycles. The van der Waals surface area contributed by atoms with Gasteiger partial charge in [-0.3, -0.25) is 0 Å². The number of benzene rings is 2. The van der Waals surface area contributed by atoms with E-state index in [0.29, 0.717) is 10.4 Å². The smallest absolute Gasteiger partial charge is 0.135 e. The fraction of sp³-hybridized carbons (Fsp3) is 0.273. The van der Waals surface area contributed by atoms with Crippen LogP contribution in [0.1, 0.15) is 36.6 Å². The summed E-state index contributed by atoms with van der Waals surface area (Å²) >= 11 is 1.49. The Labute approximate surface area is 152 Å². The maximum atomic E-state index is 14.6. The van der Waals surface area contributed by atoms with Gasteiger partial charge >= 0.3 is 0 Å². The van der Waals surface area contributed by atoms with Gasteiger partial charge in [0.1, 0.15) is 11.6 Å². The molecule has 0 radical (unpaired) electrons. The van der Waals surface area contributed by atoms with Gasteiger partial charge in [0.2, 0.25) is 0 Å². The average molecular weight is 356 g/mol. The van der Waals surface area contributed by atoms with E-state index >= 15 is 0 Å². The third-order valence-electron chi connectivity index (χ3n) is 4.36. The van der Waals surface area contributed by atoms with E-state index < -0.39 is 11.6 Å². The van der Waals surface area contributed by atoms with E-state index in [0.717, 1.165) is 24.0 Å². The van der Waals surface area contributed by atoms with E-state index in [9.17, 15) is 8.78 Å². The van der Waals surface area contributed by atoms with E-state index in [-0.39, 0.29) is 5.56 Å². The van der Waals surface area contributed by atoms with Crippen molar-refractivity contribution in [3.05, 3.63) is 70.6 Å². The van der Waals surface area contributed by atoms with Crippen LogP contribution in [0.3, 0.4) is 0 Å². The molecule has 1 heterocycles. The highest BCUT2D eigenvalue weighted by Gasteiger charge is 2.16. The Bertz CT molecular complexity index is 824. The molecule has 0 N–H and O–H groups in total. The third kappa shape index (κ3) is 4.16. The number of halogens is 2. The summed E-state index contributed by atoms with van der Waals surface area (Å²) in [6.45, 7) is 4.16. The first-order chi connectivity index (χ1) is 12.1. The fourth-order valence-corrected chi connectivity index (χ4v) is 4.02. The maximum absolute atomic E-state index is 14.6. The van der Waals surface area contributed by atoms with Crippen LogP contribution in [-0.2, 0) is 6.42 Å². The minimum Gasteiger partial charge on any atom is -0.206 e. The van der Waals surface area contributed by atoms with Crippen molar-refractivity contribution in [2.45, 2.75) is 39.5 Å². The van der Waals surface area contributed by atoms with Gasteiger partial charge in [0.25, 0.3) is 0 Å². The molecular weight excluding hydrogens is 334 g/mol. The van der Waals surface area contributed by atoms with Crippen molar-refractivity contribution in [3.8, 4) is 21.6 Å². The zero-order chi connectivity index (χ0) is 17.8.